The molecule has 1 aliphatic heterocycles. The first kappa shape index (κ1) is 14.7. The first-order valence-electron chi connectivity index (χ1n) is 6.73. The van der Waals surface area contributed by atoms with E-state index in [1.54, 1.807) is 12.1 Å². The van der Waals surface area contributed by atoms with Gasteiger partial charge in [0, 0.05) is 11.1 Å². The van der Waals surface area contributed by atoms with Crippen molar-refractivity contribution in [1.82, 2.24) is 0 Å². The number of rotatable bonds is 2. The Morgan fingerprint density at radius 2 is 1.73 bits per heavy atom. The van der Waals surface area contributed by atoms with Crippen LogP contribution in [0.1, 0.15) is 5.56 Å². The lowest BCUT2D eigenvalue weighted by Crippen LogP contribution is -2.38. The van der Waals surface area contributed by atoms with Crippen LogP contribution >= 0.6 is 0 Å². The first-order chi connectivity index (χ1) is 10.5. The summed E-state index contributed by atoms with van der Waals surface area (Å²) in [5, 5.41) is 9.13. The van der Waals surface area contributed by atoms with E-state index in [-0.39, 0.29) is 11.3 Å². The summed E-state index contributed by atoms with van der Waals surface area (Å²) < 4.78 is 44.2. The summed E-state index contributed by atoms with van der Waals surface area (Å²) in [6.45, 7) is -0.690. The normalized spacial score (nSPS) is 17.5. The minimum absolute atomic E-state index is 0.167. The van der Waals surface area contributed by atoms with Gasteiger partial charge in [0.25, 0.3) is 0 Å². The fourth-order valence-corrected chi connectivity index (χ4v) is 2.45. The van der Waals surface area contributed by atoms with Crippen LogP contribution in [0.15, 0.2) is 54.1 Å². The van der Waals surface area contributed by atoms with Gasteiger partial charge in [0.15, 0.2) is 0 Å². The van der Waals surface area contributed by atoms with Crippen molar-refractivity contribution in [1.29, 1.82) is 0 Å². The molecule has 1 aliphatic rings. The van der Waals surface area contributed by atoms with Crippen LogP contribution in [0, 0.1) is 0 Å². The SMILES string of the molecule is OCC1=Cc2ccc(-c3ccccc3)cc2OC1C(F)(F)F. The molecule has 0 saturated carbocycles. The van der Waals surface area contributed by atoms with Crippen LogP contribution in [-0.4, -0.2) is 24.0 Å². The smallest absolute Gasteiger partial charge is 0.429 e. The highest BCUT2D eigenvalue weighted by molar-refractivity contribution is 5.72. The van der Waals surface area contributed by atoms with Gasteiger partial charge in [-0.05, 0) is 23.3 Å². The minimum atomic E-state index is -4.56. The Kier molecular flexibility index (Phi) is 3.66. The van der Waals surface area contributed by atoms with Crippen molar-refractivity contribution >= 4 is 6.08 Å². The third-order valence-corrected chi connectivity index (χ3v) is 3.52. The second-order valence-corrected chi connectivity index (χ2v) is 5.04. The van der Waals surface area contributed by atoms with Crippen molar-refractivity contribution in [2.75, 3.05) is 6.61 Å². The largest absolute Gasteiger partial charge is 0.476 e. The summed E-state index contributed by atoms with van der Waals surface area (Å²) in [7, 11) is 0. The maximum atomic E-state index is 13.0. The highest BCUT2D eigenvalue weighted by Crippen LogP contribution is 2.38. The van der Waals surface area contributed by atoms with Crippen LogP contribution in [0.2, 0.25) is 0 Å². The van der Waals surface area contributed by atoms with Gasteiger partial charge in [0.2, 0.25) is 6.10 Å². The van der Waals surface area contributed by atoms with Gasteiger partial charge in [-0.3, -0.25) is 0 Å². The number of ether oxygens (including phenoxy) is 1. The maximum absolute atomic E-state index is 13.0. The average Bonchev–Trinajstić information content (AvgIpc) is 2.53. The van der Waals surface area contributed by atoms with Gasteiger partial charge >= 0.3 is 6.18 Å². The van der Waals surface area contributed by atoms with Crippen LogP contribution in [0.25, 0.3) is 17.2 Å². The van der Waals surface area contributed by atoms with E-state index in [4.69, 9.17) is 9.84 Å². The molecule has 0 spiro atoms. The van der Waals surface area contributed by atoms with E-state index in [9.17, 15) is 13.2 Å². The molecule has 0 bridgehead atoms. The zero-order chi connectivity index (χ0) is 15.7. The van der Waals surface area contributed by atoms with E-state index in [0.29, 0.717) is 5.56 Å². The minimum Gasteiger partial charge on any atom is -0.476 e. The van der Waals surface area contributed by atoms with Gasteiger partial charge in [0.05, 0.1) is 6.61 Å². The lowest BCUT2D eigenvalue weighted by molar-refractivity contribution is -0.185. The van der Waals surface area contributed by atoms with Gasteiger partial charge in [-0.25, -0.2) is 0 Å². The van der Waals surface area contributed by atoms with Gasteiger partial charge in [-0.15, -0.1) is 0 Å². The Labute approximate surface area is 125 Å². The quantitative estimate of drug-likeness (QED) is 0.907. The van der Waals surface area contributed by atoms with Crippen molar-refractivity contribution in [3.63, 3.8) is 0 Å². The Hall–Kier alpha value is -2.27. The van der Waals surface area contributed by atoms with Crippen molar-refractivity contribution in [3.8, 4) is 16.9 Å². The van der Waals surface area contributed by atoms with Gasteiger partial charge in [0.1, 0.15) is 5.75 Å². The molecule has 0 aliphatic carbocycles. The standard InChI is InChI=1S/C17H13F3O2/c18-17(19,20)16-14(10-21)8-13-7-6-12(9-15(13)22-16)11-4-2-1-3-5-11/h1-9,16,21H,10H2. The molecule has 2 aromatic carbocycles. The monoisotopic (exact) mass is 306 g/mol. The molecule has 2 nitrogen and oxygen atoms in total. The molecular formula is C17H13F3O2. The highest BCUT2D eigenvalue weighted by atomic mass is 19.4. The molecule has 1 unspecified atom stereocenters. The molecule has 0 fully saturated rings. The fourth-order valence-electron chi connectivity index (χ4n) is 2.45. The van der Waals surface area contributed by atoms with E-state index in [0.717, 1.165) is 11.1 Å². The second kappa shape index (κ2) is 5.50. The molecule has 2 aromatic rings. The molecule has 114 valence electrons. The first-order valence-corrected chi connectivity index (χ1v) is 6.73. The average molecular weight is 306 g/mol. The summed E-state index contributed by atoms with van der Waals surface area (Å²) in [4.78, 5) is 0. The Balaban J connectivity index is 2.03. The third-order valence-electron chi connectivity index (χ3n) is 3.52. The van der Waals surface area contributed by atoms with Crippen molar-refractivity contribution in [2.24, 2.45) is 0 Å². The molecule has 0 aromatic heterocycles. The number of benzene rings is 2. The van der Waals surface area contributed by atoms with E-state index in [2.05, 4.69) is 0 Å². The number of aliphatic hydroxyl groups excluding tert-OH is 1. The summed E-state index contributed by atoms with van der Waals surface area (Å²) in [6, 6.07) is 14.4. The molecule has 1 N–H and O–H groups in total. The number of alkyl halides is 3. The Bertz CT molecular complexity index is 706. The zero-order valence-corrected chi connectivity index (χ0v) is 11.5. The molecule has 22 heavy (non-hydrogen) atoms. The predicted molar refractivity (Wildman–Crippen MR) is 77.4 cm³/mol. The molecule has 3 rings (SSSR count). The second-order valence-electron chi connectivity index (χ2n) is 5.04. The third kappa shape index (κ3) is 2.72. The van der Waals surface area contributed by atoms with E-state index in [1.807, 2.05) is 36.4 Å². The molecule has 1 atom stereocenters. The number of fused-ring (bicyclic) bond motifs is 1. The van der Waals surface area contributed by atoms with Crippen molar-refractivity contribution in [2.45, 2.75) is 12.3 Å². The number of hydrogen-bond acceptors (Lipinski definition) is 2. The van der Waals surface area contributed by atoms with Crippen LogP contribution in [-0.2, 0) is 0 Å². The van der Waals surface area contributed by atoms with E-state index < -0.39 is 18.9 Å². The number of aliphatic hydroxyl groups is 1. The van der Waals surface area contributed by atoms with E-state index in [1.165, 1.54) is 6.08 Å². The lowest BCUT2D eigenvalue weighted by Gasteiger charge is -2.28. The summed E-state index contributed by atoms with van der Waals surface area (Å²) in [5.74, 6) is 0.167. The van der Waals surface area contributed by atoms with Gasteiger partial charge in [-0.2, -0.15) is 13.2 Å². The van der Waals surface area contributed by atoms with Crippen LogP contribution in [0.3, 0.4) is 0 Å². The van der Waals surface area contributed by atoms with Crippen LogP contribution < -0.4 is 4.74 Å². The Morgan fingerprint density at radius 1 is 1.00 bits per heavy atom. The van der Waals surface area contributed by atoms with E-state index >= 15 is 0 Å². The zero-order valence-electron chi connectivity index (χ0n) is 11.5. The van der Waals surface area contributed by atoms with Crippen LogP contribution in [0.4, 0.5) is 13.2 Å². The topological polar surface area (TPSA) is 29.5 Å². The van der Waals surface area contributed by atoms with Gasteiger partial charge in [-0.1, -0.05) is 42.5 Å². The molecule has 0 saturated heterocycles. The summed E-state index contributed by atoms with van der Waals surface area (Å²) in [5.41, 5.74) is 2.02. The molecule has 0 amide bonds. The summed E-state index contributed by atoms with van der Waals surface area (Å²) >= 11 is 0. The fraction of sp³-hybridized carbons (Fsp3) is 0.176. The molecular weight excluding hydrogens is 293 g/mol. The lowest BCUT2D eigenvalue weighted by atomic mass is 9.98. The number of halogens is 3. The number of hydrogen-bond donors (Lipinski definition) is 1. The maximum Gasteiger partial charge on any atom is 0.429 e. The molecule has 0 radical (unpaired) electrons. The van der Waals surface area contributed by atoms with Crippen molar-refractivity contribution in [3.05, 3.63) is 59.7 Å². The molecule has 1 heterocycles. The summed E-state index contributed by atoms with van der Waals surface area (Å²) in [6.07, 6.45) is -5.32. The van der Waals surface area contributed by atoms with Crippen LogP contribution in [0.5, 0.6) is 5.75 Å². The van der Waals surface area contributed by atoms with Crippen molar-refractivity contribution < 1.29 is 23.0 Å². The van der Waals surface area contributed by atoms with Gasteiger partial charge < -0.3 is 9.84 Å². The predicted octanol–water partition coefficient (Wildman–Crippen LogP) is 4.05. The molecule has 5 heteroatoms. The Morgan fingerprint density at radius 3 is 2.36 bits per heavy atom. The highest BCUT2D eigenvalue weighted by Gasteiger charge is 2.45.